The molecule has 29 heavy (non-hydrogen) atoms. The van der Waals surface area contributed by atoms with Crippen molar-refractivity contribution in [3.05, 3.63) is 23.8 Å². The van der Waals surface area contributed by atoms with Crippen LogP contribution >= 0.6 is 0 Å². The molecule has 166 valence electrons. The third kappa shape index (κ3) is 4.66. The summed E-state index contributed by atoms with van der Waals surface area (Å²) in [5.41, 5.74) is 2.64. The second-order valence-corrected chi connectivity index (χ2v) is 16.9. The molecule has 0 amide bonds. The van der Waals surface area contributed by atoms with Gasteiger partial charge in [0.1, 0.15) is 6.29 Å². The minimum Gasteiger partial charge on any atom is -0.413 e. The van der Waals surface area contributed by atoms with Crippen molar-refractivity contribution < 1.29 is 9.22 Å². The standard InChI is InChI=1S/C26H46O2Si/c1-19(2)12-11-16-26(8)22-14-13-20(3)21(18-27)25(22,7)17-15-23(26)28-29(9,10)24(4,5)6/h12,18,21-23H,3,11,13-17H2,1-2,4-10H3/t21-,22?,23+,25-,26+/m1/s1. The van der Waals surface area contributed by atoms with Gasteiger partial charge in [0.25, 0.3) is 0 Å². The summed E-state index contributed by atoms with van der Waals surface area (Å²) in [5.74, 6) is 0.502. The number of fused-ring (bicyclic) bond motifs is 1. The van der Waals surface area contributed by atoms with Gasteiger partial charge in [0, 0.05) is 5.92 Å². The fourth-order valence-electron chi connectivity index (χ4n) is 5.89. The first kappa shape index (κ1) is 24.6. The van der Waals surface area contributed by atoms with Gasteiger partial charge in [-0.15, -0.1) is 0 Å². The van der Waals surface area contributed by atoms with Crippen molar-refractivity contribution in [3.8, 4) is 0 Å². The molecular formula is C26H46O2Si. The van der Waals surface area contributed by atoms with E-state index in [0.717, 1.165) is 44.1 Å². The minimum absolute atomic E-state index is 0.00199. The van der Waals surface area contributed by atoms with E-state index in [1.807, 2.05) is 0 Å². The highest BCUT2D eigenvalue weighted by atomic mass is 28.4. The van der Waals surface area contributed by atoms with E-state index >= 15 is 0 Å². The Labute approximate surface area is 181 Å². The van der Waals surface area contributed by atoms with E-state index in [2.05, 4.69) is 74.2 Å². The van der Waals surface area contributed by atoms with Crippen LogP contribution in [-0.4, -0.2) is 20.7 Å². The Bertz CT molecular complexity index is 652. The molecule has 2 fully saturated rings. The second kappa shape index (κ2) is 8.46. The molecule has 1 unspecified atom stereocenters. The molecule has 2 aliphatic rings. The molecule has 0 saturated heterocycles. The van der Waals surface area contributed by atoms with Crippen LogP contribution in [0, 0.1) is 22.7 Å². The van der Waals surface area contributed by atoms with E-state index < -0.39 is 8.32 Å². The largest absolute Gasteiger partial charge is 0.413 e. The van der Waals surface area contributed by atoms with Gasteiger partial charge in [-0.1, -0.05) is 58.4 Å². The smallest absolute Gasteiger partial charge is 0.192 e. The minimum atomic E-state index is -1.86. The number of aldehydes is 1. The Hall–Kier alpha value is -0.673. The average Bonchev–Trinajstić information content (AvgIpc) is 2.56. The van der Waals surface area contributed by atoms with E-state index in [0.29, 0.717) is 5.92 Å². The molecule has 0 spiro atoms. The van der Waals surface area contributed by atoms with Crippen molar-refractivity contribution in [2.24, 2.45) is 22.7 Å². The van der Waals surface area contributed by atoms with Gasteiger partial charge in [-0.05, 0) is 87.3 Å². The first-order valence-corrected chi connectivity index (χ1v) is 14.5. The van der Waals surface area contributed by atoms with Crippen LogP contribution in [0.1, 0.15) is 87.0 Å². The highest BCUT2D eigenvalue weighted by Crippen LogP contribution is 2.63. The molecule has 2 rings (SSSR count). The first-order chi connectivity index (χ1) is 13.2. The van der Waals surface area contributed by atoms with Crippen molar-refractivity contribution in [1.82, 2.24) is 0 Å². The Balaban J connectivity index is 2.44. The van der Waals surface area contributed by atoms with E-state index in [4.69, 9.17) is 4.43 Å². The van der Waals surface area contributed by atoms with Crippen LogP contribution in [-0.2, 0) is 9.22 Å². The summed E-state index contributed by atoms with van der Waals surface area (Å²) in [7, 11) is -1.86. The Kier molecular flexibility index (Phi) is 7.17. The van der Waals surface area contributed by atoms with Crippen molar-refractivity contribution in [2.45, 2.75) is 111 Å². The summed E-state index contributed by atoms with van der Waals surface area (Å²) in [4.78, 5) is 12.1. The fraction of sp³-hybridized carbons (Fsp3) is 0.808. The number of allylic oxidation sites excluding steroid dienone is 3. The fourth-order valence-corrected chi connectivity index (χ4v) is 7.34. The van der Waals surface area contributed by atoms with Crippen molar-refractivity contribution >= 4 is 14.6 Å². The van der Waals surface area contributed by atoms with Crippen LogP contribution < -0.4 is 0 Å². The topological polar surface area (TPSA) is 26.3 Å². The van der Waals surface area contributed by atoms with Crippen LogP contribution in [0.15, 0.2) is 23.8 Å². The molecule has 0 radical (unpaired) electrons. The van der Waals surface area contributed by atoms with E-state index in [-0.39, 0.29) is 27.9 Å². The molecule has 2 aliphatic carbocycles. The van der Waals surface area contributed by atoms with Crippen molar-refractivity contribution in [2.75, 3.05) is 0 Å². The van der Waals surface area contributed by atoms with Gasteiger partial charge in [0.05, 0.1) is 6.10 Å². The van der Waals surface area contributed by atoms with Gasteiger partial charge >= 0.3 is 0 Å². The van der Waals surface area contributed by atoms with Gasteiger partial charge < -0.3 is 9.22 Å². The predicted molar refractivity (Wildman–Crippen MR) is 128 cm³/mol. The Morgan fingerprint density at radius 1 is 1.24 bits per heavy atom. The monoisotopic (exact) mass is 418 g/mol. The summed E-state index contributed by atoms with van der Waals surface area (Å²) >= 11 is 0. The quantitative estimate of drug-likeness (QED) is 0.251. The van der Waals surface area contributed by atoms with Crippen LogP contribution in [0.3, 0.4) is 0 Å². The molecule has 2 saturated carbocycles. The van der Waals surface area contributed by atoms with Gasteiger partial charge in [0.15, 0.2) is 8.32 Å². The molecule has 2 nitrogen and oxygen atoms in total. The van der Waals surface area contributed by atoms with Gasteiger partial charge in [-0.2, -0.15) is 0 Å². The molecule has 0 aromatic heterocycles. The van der Waals surface area contributed by atoms with E-state index in [1.165, 1.54) is 11.9 Å². The molecular weight excluding hydrogens is 372 g/mol. The third-order valence-electron chi connectivity index (χ3n) is 8.79. The molecule has 0 aromatic rings. The second-order valence-electron chi connectivity index (χ2n) is 12.1. The van der Waals surface area contributed by atoms with Crippen LogP contribution in [0.25, 0.3) is 0 Å². The zero-order valence-electron chi connectivity index (χ0n) is 20.7. The molecule has 0 heterocycles. The number of hydrogen-bond acceptors (Lipinski definition) is 2. The lowest BCUT2D eigenvalue weighted by Crippen LogP contribution is -2.59. The van der Waals surface area contributed by atoms with Gasteiger partial charge in [0.2, 0.25) is 0 Å². The maximum atomic E-state index is 12.1. The lowest BCUT2D eigenvalue weighted by atomic mass is 9.46. The number of hydrogen-bond donors (Lipinski definition) is 0. The highest BCUT2D eigenvalue weighted by Gasteiger charge is 2.59. The van der Waals surface area contributed by atoms with Gasteiger partial charge in [-0.25, -0.2) is 0 Å². The SMILES string of the molecule is C=C1CCC2[C@](C)(CCC=C(C)C)[C@@H](O[Si](C)(C)C(C)(C)C)CC[C@]2(C)[C@@H]1C=O. The lowest BCUT2D eigenvalue weighted by molar-refractivity contribution is -0.141. The van der Waals surface area contributed by atoms with Crippen LogP contribution in [0.4, 0.5) is 0 Å². The normalized spacial score (nSPS) is 35.8. The maximum Gasteiger partial charge on any atom is 0.192 e. The van der Waals surface area contributed by atoms with E-state index in [9.17, 15) is 4.79 Å². The summed E-state index contributed by atoms with van der Waals surface area (Å²) in [6, 6.07) is 0. The number of carbonyl (C=O) groups excluding carboxylic acids is 1. The highest BCUT2D eigenvalue weighted by molar-refractivity contribution is 6.74. The first-order valence-electron chi connectivity index (χ1n) is 11.6. The van der Waals surface area contributed by atoms with Crippen LogP contribution in [0.2, 0.25) is 18.1 Å². The van der Waals surface area contributed by atoms with Crippen molar-refractivity contribution in [3.63, 3.8) is 0 Å². The third-order valence-corrected chi connectivity index (χ3v) is 13.3. The van der Waals surface area contributed by atoms with E-state index in [1.54, 1.807) is 0 Å². The lowest BCUT2D eigenvalue weighted by Gasteiger charge is -2.61. The average molecular weight is 419 g/mol. The summed E-state index contributed by atoms with van der Waals surface area (Å²) in [6.07, 6.45) is 10.3. The summed E-state index contributed by atoms with van der Waals surface area (Å²) < 4.78 is 7.11. The summed E-state index contributed by atoms with van der Waals surface area (Å²) in [6.45, 7) is 25.3. The summed E-state index contributed by atoms with van der Waals surface area (Å²) in [5, 5.41) is 0.209. The maximum absolute atomic E-state index is 12.1. The molecule has 3 heteroatoms. The molecule has 5 atom stereocenters. The Morgan fingerprint density at radius 2 is 1.86 bits per heavy atom. The van der Waals surface area contributed by atoms with Gasteiger partial charge in [-0.3, -0.25) is 0 Å². The number of rotatable bonds is 6. The predicted octanol–water partition coefficient (Wildman–Crippen LogP) is 7.71. The zero-order chi connectivity index (χ0) is 22.3. The number of carbonyl (C=O) groups is 1. The Morgan fingerprint density at radius 3 is 2.38 bits per heavy atom. The molecule has 0 aromatic carbocycles. The molecule has 0 N–H and O–H groups in total. The zero-order valence-corrected chi connectivity index (χ0v) is 21.7. The molecule has 0 bridgehead atoms. The molecule has 0 aliphatic heterocycles. The van der Waals surface area contributed by atoms with Crippen molar-refractivity contribution in [1.29, 1.82) is 0 Å². The van der Waals surface area contributed by atoms with Crippen LogP contribution in [0.5, 0.6) is 0 Å².